The molecule has 1 atom stereocenters. The highest BCUT2D eigenvalue weighted by Crippen LogP contribution is 2.22. The van der Waals surface area contributed by atoms with Crippen LogP contribution in [0.4, 0.5) is 0 Å². The quantitative estimate of drug-likeness (QED) is 0.580. The van der Waals surface area contributed by atoms with E-state index in [1.54, 1.807) is 6.92 Å². The number of hydrogen-bond donors (Lipinski definition) is 1. The second-order valence-corrected chi connectivity index (χ2v) is 8.74. The fraction of sp³-hybridized carbons (Fsp3) is 0.273. The van der Waals surface area contributed by atoms with Crippen LogP contribution in [0.1, 0.15) is 22.6 Å². The van der Waals surface area contributed by atoms with Gasteiger partial charge in [-0.3, -0.25) is 9.00 Å². The number of aryl methyl sites for hydroxylation is 2. The first-order valence-corrected chi connectivity index (χ1v) is 11.2. The molecule has 1 amide bonds. The van der Waals surface area contributed by atoms with Crippen LogP contribution in [0.5, 0.6) is 0 Å². The summed E-state index contributed by atoms with van der Waals surface area (Å²) in [4.78, 5) is 16.5. The van der Waals surface area contributed by atoms with Gasteiger partial charge in [-0.1, -0.05) is 41.4 Å². The summed E-state index contributed by atoms with van der Waals surface area (Å²) in [7, 11) is -1.36. The summed E-state index contributed by atoms with van der Waals surface area (Å²) in [5.74, 6) is 1.01. The largest absolute Gasteiger partial charge is 0.441 e. The number of benzene rings is 2. The molecule has 0 fully saturated rings. The fourth-order valence-corrected chi connectivity index (χ4v) is 3.97. The monoisotopic (exact) mass is 430 g/mol. The number of oxazole rings is 1. The van der Waals surface area contributed by atoms with E-state index in [0.29, 0.717) is 35.3 Å². The van der Waals surface area contributed by atoms with Crippen LogP contribution in [0.15, 0.2) is 52.9 Å². The minimum atomic E-state index is -1.36. The molecule has 5 nitrogen and oxygen atoms in total. The van der Waals surface area contributed by atoms with Crippen molar-refractivity contribution in [3.63, 3.8) is 0 Å². The molecule has 152 valence electrons. The normalized spacial score (nSPS) is 12.0. The van der Waals surface area contributed by atoms with Gasteiger partial charge in [-0.25, -0.2) is 4.98 Å². The average molecular weight is 431 g/mol. The Hall–Kier alpha value is -2.44. The lowest BCUT2D eigenvalue weighted by Gasteiger charge is -2.05. The average Bonchev–Trinajstić information content (AvgIpc) is 3.04. The Morgan fingerprint density at radius 1 is 1.10 bits per heavy atom. The van der Waals surface area contributed by atoms with Crippen molar-refractivity contribution in [1.82, 2.24) is 10.3 Å². The van der Waals surface area contributed by atoms with Crippen LogP contribution in [0.25, 0.3) is 11.5 Å². The van der Waals surface area contributed by atoms with E-state index in [0.717, 1.165) is 16.7 Å². The molecule has 0 spiro atoms. The number of aromatic nitrogens is 1. The zero-order chi connectivity index (χ0) is 20.8. The van der Waals surface area contributed by atoms with E-state index < -0.39 is 10.8 Å². The van der Waals surface area contributed by atoms with Gasteiger partial charge in [-0.15, -0.1) is 0 Å². The summed E-state index contributed by atoms with van der Waals surface area (Å²) in [5.41, 5.74) is 3.72. The maximum atomic E-state index is 12.4. The van der Waals surface area contributed by atoms with Crippen LogP contribution in [-0.4, -0.2) is 27.4 Å². The number of halogens is 1. The molecule has 0 unspecified atom stereocenters. The van der Waals surface area contributed by atoms with Crippen LogP contribution in [0.3, 0.4) is 0 Å². The van der Waals surface area contributed by atoms with E-state index in [2.05, 4.69) is 10.3 Å². The van der Waals surface area contributed by atoms with E-state index >= 15 is 0 Å². The number of hydrogen-bond acceptors (Lipinski definition) is 4. The van der Waals surface area contributed by atoms with Gasteiger partial charge in [0.25, 0.3) is 0 Å². The van der Waals surface area contributed by atoms with Crippen molar-refractivity contribution in [3.8, 4) is 11.5 Å². The minimum absolute atomic E-state index is 0.0627. The molecule has 0 radical (unpaired) electrons. The zero-order valence-electron chi connectivity index (χ0n) is 16.4. The van der Waals surface area contributed by atoms with Crippen LogP contribution >= 0.6 is 11.6 Å². The molecule has 3 rings (SSSR count). The summed E-state index contributed by atoms with van der Waals surface area (Å²) in [6.45, 7) is 4.29. The Labute approximate surface area is 178 Å². The highest BCUT2D eigenvalue weighted by Gasteiger charge is 2.16. The number of carbonyl (C=O) groups is 1. The smallest absolute Gasteiger partial charge is 0.232 e. The van der Waals surface area contributed by atoms with Gasteiger partial charge >= 0.3 is 0 Å². The molecule has 3 aromatic rings. The molecular weight excluding hydrogens is 408 g/mol. The van der Waals surface area contributed by atoms with Crippen molar-refractivity contribution in [2.24, 2.45) is 0 Å². The van der Waals surface area contributed by atoms with Crippen molar-refractivity contribution >= 4 is 28.3 Å². The fourth-order valence-electron chi connectivity index (χ4n) is 2.78. The van der Waals surface area contributed by atoms with Crippen LogP contribution in [0, 0.1) is 13.8 Å². The van der Waals surface area contributed by atoms with Gasteiger partial charge in [0, 0.05) is 27.9 Å². The molecule has 0 aliphatic rings. The van der Waals surface area contributed by atoms with Gasteiger partial charge < -0.3 is 9.73 Å². The highest BCUT2D eigenvalue weighted by molar-refractivity contribution is 7.84. The second-order valence-electron chi connectivity index (χ2n) is 6.84. The zero-order valence-corrected chi connectivity index (χ0v) is 18.0. The van der Waals surface area contributed by atoms with Crippen molar-refractivity contribution in [3.05, 3.63) is 76.1 Å². The summed E-state index contributed by atoms with van der Waals surface area (Å²) in [6, 6.07) is 15.3. The molecule has 0 saturated carbocycles. The summed E-state index contributed by atoms with van der Waals surface area (Å²) >= 11 is 5.86. The lowest BCUT2D eigenvalue weighted by molar-refractivity contribution is -0.118. The van der Waals surface area contributed by atoms with Crippen LogP contribution in [-0.2, 0) is 27.8 Å². The molecule has 29 heavy (non-hydrogen) atoms. The van der Waals surface area contributed by atoms with Crippen LogP contribution in [0.2, 0.25) is 5.02 Å². The van der Waals surface area contributed by atoms with Gasteiger partial charge in [0.2, 0.25) is 11.8 Å². The Morgan fingerprint density at radius 3 is 2.48 bits per heavy atom. The molecule has 1 heterocycles. The number of amides is 1. The maximum Gasteiger partial charge on any atom is 0.232 e. The summed E-state index contributed by atoms with van der Waals surface area (Å²) in [6.07, 6.45) is 0.692. The topological polar surface area (TPSA) is 72.2 Å². The van der Waals surface area contributed by atoms with Crippen molar-refractivity contribution < 1.29 is 13.4 Å². The molecule has 0 aliphatic carbocycles. The Balaban J connectivity index is 1.49. The molecule has 1 N–H and O–H groups in total. The Kier molecular flexibility index (Phi) is 7.23. The van der Waals surface area contributed by atoms with E-state index in [1.165, 1.54) is 0 Å². The first-order chi connectivity index (χ1) is 13.9. The van der Waals surface area contributed by atoms with E-state index in [1.807, 2.05) is 55.5 Å². The van der Waals surface area contributed by atoms with Crippen molar-refractivity contribution in [1.29, 1.82) is 0 Å². The lowest BCUT2D eigenvalue weighted by atomic mass is 10.1. The molecule has 2 aromatic carbocycles. The Bertz CT molecular complexity index is 998. The molecule has 1 aromatic heterocycles. The molecular formula is C22H23ClN2O3S. The first kappa shape index (κ1) is 21.3. The highest BCUT2D eigenvalue weighted by atomic mass is 35.5. The third-order valence-corrected chi connectivity index (χ3v) is 5.86. The number of nitrogens with zero attached hydrogens (tertiary/aromatic N) is 1. The predicted molar refractivity (Wildman–Crippen MR) is 116 cm³/mol. The summed E-state index contributed by atoms with van der Waals surface area (Å²) < 4.78 is 18.1. The van der Waals surface area contributed by atoms with Gasteiger partial charge in [0.15, 0.2) is 0 Å². The molecule has 7 heteroatoms. The van der Waals surface area contributed by atoms with E-state index in [-0.39, 0.29) is 17.4 Å². The summed E-state index contributed by atoms with van der Waals surface area (Å²) in [5, 5.41) is 3.49. The first-order valence-electron chi connectivity index (χ1n) is 9.30. The predicted octanol–water partition coefficient (Wildman–Crippen LogP) is 4.22. The molecule has 0 bridgehead atoms. The Morgan fingerprint density at radius 2 is 1.79 bits per heavy atom. The molecule has 0 aliphatic heterocycles. The van der Waals surface area contributed by atoms with E-state index in [9.17, 15) is 9.00 Å². The SMILES string of the molecule is Cc1ccc(-c2nc(C[S@](=O)CC(=O)NCCc3ccc(Cl)cc3)c(C)o2)cc1. The van der Waals surface area contributed by atoms with Gasteiger partial charge in [0.1, 0.15) is 11.5 Å². The minimum Gasteiger partial charge on any atom is -0.441 e. The lowest BCUT2D eigenvalue weighted by Crippen LogP contribution is -2.30. The third-order valence-electron chi connectivity index (χ3n) is 4.43. The second kappa shape index (κ2) is 9.85. The van der Waals surface area contributed by atoms with E-state index in [4.69, 9.17) is 16.0 Å². The van der Waals surface area contributed by atoms with Crippen molar-refractivity contribution in [2.45, 2.75) is 26.0 Å². The van der Waals surface area contributed by atoms with Crippen LogP contribution < -0.4 is 5.32 Å². The maximum absolute atomic E-state index is 12.4. The number of rotatable bonds is 8. The van der Waals surface area contributed by atoms with Gasteiger partial charge in [-0.2, -0.15) is 0 Å². The molecule has 0 saturated heterocycles. The van der Waals surface area contributed by atoms with Crippen molar-refractivity contribution in [2.75, 3.05) is 12.3 Å². The van der Waals surface area contributed by atoms with Gasteiger partial charge in [-0.05, 0) is 50.1 Å². The number of carbonyl (C=O) groups excluding carboxylic acids is 1. The standard InChI is InChI=1S/C22H23ClN2O3S/c1-15-3-7-18(8-4-15)22-25-20(16(2)28-22)13-29(27)14-21(26)24-12-11-17-5-9-19(23)10-6-17/h3-10H,11-14H2,1-2H3,(H,24,26)/t29-/m0/s1. The number of nitrogens with one attached hydrogen (secondary N) is 1. The third kappa shape index (κ3) is 6.27. The van der Waals surface area contributed by atoms with Gasteiger partial charge in [0.05, 0.1) is 11.4 Å².